The van der Waals surface area contributed by atoms with Gasteiger partial charge in [0.05, 0.1) is 6.54 Å². The highest BCUT2D eigenvalue weighted by atomic mass is 16.2. The van der Waals surface area contributed by atoms with E-state index in [1.54, 1.807) is 19.0 Å². The molecule has 0 bridgehead atoms. The van der Waals surface area contributed by atoms with E-state index in [1.165, 1.54) is 5.56 Å². The molecule has 1 atom stereocenters. The summed E-state index contributed by atoms with van der Waals surface area (Å²) in [5, 5.41) is 6.70. The molecule has 5 heteroatoms. The first kappa shape index (κ1) is 21.5. The van der Waals surface area contributed by atoms with E-state index in [2.05, 4.69) is 53.7 Å². The molecule has 0 aliphatic carbocycles. The van der Waals surface area contributed by atoms with Crippen LogP contribution in [0.2, 0.25) is 0 Å². The summed E-state index contributed by atoms with van der Waals surface area (Å²) >= 11 is 0. The number of aliphatic imine (C=N–C) groups is 1. The van der Waals surface area contributed by atoms with Crippen molar-refractivity contribution in [3.8, 4) is 0 Å². The number of hydrogen-bond donors (Lipinski definition) is 2. The second kappa shape index (κ2) is 11.1. The van der Waals surface area contributed by atoms with Crippen molar-refractivity contribution in [2.45, 2.75) is 32.7 Å². The van der Waals surface area contributed by atoms with Gasteiger partial charge in [0.25, 0.3) is 5.91 Å². The minimum absolute atomic E-state index is 0.0117. The fourth-order valence-electron chi connectivity index (χ4n) is 2.88. The Bertz CT molecular complexity index is 754. The number of rotatable bonds is 8. The van der Waals surface area contributed by atoms with Gasteiger partial charge in [-0.15, -0.1) is 0 Å². The Kier molecular flexibility index (Phi) is 8.53. The van der Waals surface area contributed by atoms with Crippen molar-refractivity contribution < 1.29 is 4.79 Å². The molecule has 2 rings (SSSR count). The summed E-state index contributed by atoms with van der Waals surface area (Å²) in [4.78, 5) is 18.2. The first-order chi connectivity index (χ1) is 13.5. The molecule has 0 saturated carbocycles. The van der Waals surface area contributed by atoms with Crippen molar-refractivity contribution in [3.63, 3.8) is 0 Å². The number of carbonyl (C=O) groups is 1. The first-order valence-electron chi connectivity index (χ1n) is 9.89. The second-order valence-corrected chi connectivity index (χ2v) is 7.12. The van der Waals surface area contributed by atoms with E-state index in [1.807, 2.05) is 30.3 Å². The molecule has 0 aliphatic rings. The van der Waals surface area contributed by atoms with Crippen LogP contribution in [0.25, 0.3) is 0 Å². The lowest BCUT2D eigenvalue weighted by Crippen LogP contribution is -2.38. The SMILES string of the molecule is CCNC(=NCc1ccc(C(=O)N(C)C)cc1)NCCC(C)c1ccccc1. The number of guanidine groups is 1. The zero-order valence-corrected chi connectivity index (χ0v) is 17.4. The third kappa shape index (κ3) is 6.72. The van der Waals surface area contributed by atoms with Gasteiger partial charge in [0.2, 0.25) is 0 Å². The molecule has 2 aromatic carbocycles. The van der Waals surface area contributed by atoms with E-state index in [0.29, 0.717) is 18.0 Å². The Morgan fingerprint density at radius 3 is 2.32 bits per heavy atom. The normalized spacial score (nSPS) is 12.4. The molecule has 28 heavy (non-hydrogen) atoms. The highest BCUT2D eigenvalue weighted by molar-refractivity contribution is 5.93. The maximum Gasteiger partial charge on any atom is 0.253 e. The molecule has 2 N–H and O–H groups in total. The van der Waals surface area contributed by atoms with E-state index < -0.39 is 0 Å². The molecule has 0 radical (unpaired) electrons. The molecule has 1 unspecified atom stereocenters. The van der Waals surface area contributed by atoms with Gasteiger partial charge >= 0.3 is 0 Å². The number of carbonyl (C=O) groups excluding carboxylic acids is 1. The van der Waals surface area contributed by atoms with Crippen molar-refractivity contribution in [2.24, 2.45) is 4.99 Å². The van der Waals surface area contributed by atoms with E-state index in [-0.39, 0.29) is 5.91 Å². The van der Waals surface area contributed by atoms with Crippen molar-refractivity contribution in [1.82, 2.24) is 15.5 Å². The van der Waals surface area contributed by atoms with E-state index >= 15 is 0 Å². The van der Waals surface area contributed by atoms with Crippen molar-refractivity contribution in [2.75, 3.05) is 27.2 Å². The average molecular weight is 381 g/mol. The zero-order chi connectivity index (χ0) is 20.4. The van der Waals surface area contributed by atoms with Crippen molar-refractivity contribution in [1.29, 1.82) is 0 Å². The largest absolute Gasteiger partial charge is 0.357 e. The molecule has 0 spiro atoms. The molecule has 2 aromatic rings. The predicted octanol–water partition coefficient (Wildman–Crippen LogP) is 3.64. The molecule has 0 saturated heterocycles. The second-order valence-electron chi connectivity index (χ2n) is 7.12. The minimum atomic E-state index is 0.0117. The van der Waals surface area contributed by atoms with Gasteiger partial charge in [-0.1, -0.05) is 49.4 Å². The Labute approximate surface area is 168 Å². The average Bonchev–Trinajstić information content (AvgIpc) is 2.72. The molecule has 0 heterocycles. The van der Waals surface area contributed by atoms with Crippen LogP contribution in [-0.4, -0.2) is 44.0 Å². The number of benzene rings is 2. The van der Waals surface area contributed by atoms with Gasteiger partial charge in [-0.05, 0) is 42.5 Å². The topological polar surface area (TPSA) is 56.7 Å². The summed E-state index contributed by atoms with van der Waals surface area (Å²) in [5.74, 6) is 1.33. The van der Waals surface area contributed by atoms with Gasteiger partial charge < -0.3 is 15.5 Å². The summed E-state index contributed by atoms with van der Waals surface area (Å²) in [6.45, 7) is 6.55. The quantitative estimate of drug-likeness (QED) is 0.543. The van der Waals surface area contributed by atoms with Crippen LogP contribution in [0.4, 0.5) is 0 Å². The standard InChI is InChI=1S/C23H32N4O/c1-5-24-23(25-16-15-18(2)20-9-7-6-8-10-20)26-17-19-11-13-21(14-12-19)22(28)27(3)4/h6-14,18H,5,15-17H2,1-4H3,(H2,24,25,26). The highest BCUT2D eigenvalue weighted by Crippen LogP contribution is 2.17. The summed E-state index contributed by atoms with van der Waals surface area (Å²) in [7, 11) is 3.51. The third-order valence-electron chi connectivity index (χ3n) is 4.61. The monoisotopic (exact) mass is 380 g/mol. The molecular weight excluding hydrogens is 348 g/mol. The minimum Gasteiger partial charge on any atom is -0.357 e. The molecule has 1 amide bonds. The van der Waals surface area contributed by atoms with E-state index in [0.717, 1.165) is 31.0 Å². The summed E-state index contributed by atoms with van der Waals surface area (Å²) in [6.07, 6.45) is 1.04. The molecule has 5 nitrogen and oxygen atoms in total. The molecular formula is C23H32N4O. The smallest absolute Gasteiger partial charge is 0.253 e. The van der Waals surface area contributed by atoms with E-state index in [4.69, 9.17) is 0 Å². The predicted molar refractivity (Wildman–Crippen MR) is 117 cm³/mol. The van der Waals surface area contributed by atoms with Gasteiger partial charge in [0.1, 0.15) is 0 Å². The lowest BCUT2D eigenvalue weighted by Gasteiger charge is -2.15. The van der Waals surface area contributed by atoms with Gasteiger partial charge in [-0.2, -0.15) is 0 Å². The van der Waals surface area contributed by atoms with Crippen LogP contribution in [0, 0.1) is 0 Å². The third-order valence-corrected chi connectivity index (χ3v) is 4.61. The van der Waals surface area contributed by atoms with Gasteiger partial charge in [0, 0.05) is 32.7 Å². The van der Waals surface area contributed by atoms with Crippen molar-refractivity contribution >= 4 is 11.9 Å². The maximum absolute atomic E-state index is 12.0. The molecule has 0 aromatic heterocycles. The fraction of sp³-hybridized carbons (Fsp3) is 0.391. The lowest BCUT2D eigenvalue weighted by molar-refractivity contribution is 0.0827. The summed E-state index contributed by atoms with van der Waals surface area (Å²) < 4.78 is 0. The first-order valence-corrected chi connectivity index (χ1v) is 9.89. The Morgan fingerprint density at radius 1 is 1.04 bits per heavy atom. The zero-order valence-electron chi connectivity index (χ0n) is 17.4. The van der Waals surface area contributed by atoms with Crippen molar-refractivity contribution in [3.05, 3.63) is 71.3 Å². The van der Waals surface area contributed by atoms with Crippen LogP contribution >= 0.6 is 0 Å². The van der Waals surface area contributed by atoms with Gasteiger partial charge in [-0.3, -0.25) is 4.79 Å². The number of nitrogens with zero attached hydrogens (tertiary/aromatic N) is 2. The summed E-state index contributed by atoms with van der Waals surface area (Å²) in [5.41, 5.74) is 3.13. The van der Waals surface area contributed by atoms with Crippen LogP contribution < -0.4 is 10.6 Å². The number of hydrogen-bond acceptors (Lipinski definition) is 2. The highest BCUT2D eigenvalue weighted by Gasteiger charge is 2.08. The maximum atomic E-state index is 12.0. The molecule has 150 valence electrons. The summed E-state index contributed by atoms with van der Waals surface area (Å²) in [6, 6.07) is 18.2. The Balaban J connectivity index is 1.88. The lowest BCUT2D eigenvalue weighted by atomic mass is 9.98. The number of amides is 1. The Morgan fingerprint density at radius 2 is 1.71 bits per heavy atom. The van der Waals surface area contributed by atoms with Crippen LogP contribution in [0.1, 0.15) is 47.7 Å². The number of nitrogens with one attached hydrogen (secondary N) is 2. The Hall–Kier alpha value is -2.82. The van der Waals surface area contributed by atoms with Crippen LogP contribution in [0.5, 0.6) is 0 Å². The fourth-order valence-corrected chi connectivity index (χ4v) is 2.88. The molecule has 0 fully saturated rings. The molecule has 0 aliphatic heterocycles. The van der Waals surface area contributed by atoms with Crippen LogP contribution in [0.3, 0.4) is 0 Å². The van der Waals surface area contributed by atoms with Gasteiger partial charge in [0.15, 0.2) is 5.96 Å². The van der Waals surface area contributed by atoms with Crippen LogP contribution in [0.15, 0.2) is 59.6 Å². The van der Waals surface area contributed by atoms with Crippen LogP contribution in [-0.2, 0) is 6.54 Å². The van der Waals surface area contributed by atoms with Gasteiger partial charge in [-0.25, -0.2) is 4.99 Å². The van der Waals surface area contributed by atoms with E-state index in [9.17, 15) is 4.79 Å².